The van der Waals surface area contributed by atoms with Gasteiger partial charge in [-0.15, -0.1) is 0 Å². The summed E-state index contributed by atoms with van der Waals surface area (Å²) >= 11 is 4.96. The molecule has 1 saturated heterocycles. The van der Waals surface area contributed by atoms with Gasteiger partial charge in [0.2, 0.25) is 0 Å². The van der Waals surface area contributed by atoms with E-state index in [9.17, 15) is 9.59 Å². The minimum absolute atomic E-state index is 0.0696. The highest BCUT2D eigenvalue weighted by atomic mass is 32.1. The Hall–Kier alpha value is -2.47. The van der Waals surface area contributed by atoms with Crippen LogP contribution in [-0.2, 0) is 9.59 Å². The van der Waals surface area contributed by atoms with Gasteiger partial charge in [-0.05, 0) is 42.9 Å². The van der Waals surface area contributed by atoms with Crippen LogP contribution in [-0.4, -0.2) is 35.5 Å². The van der Waals surface area contributed by atoms with Gasteiger partial charge in [0.1, 0.15) is 11.3 Å². The van der Waals surface area contributed by atoms with Crippen molar-refractivity contribution in [2.75, 3.05) is 13.7 Å². The zero-order chi connectivity index (χ0) is 16.1. The maximum Gasteiger partial charge on any atom is 0.265 e. The molecule has 1 fully saturated rings. The number of hydrogen-bond acceptors (Lipinski definition) is 4. The maximum atomic E-state index is 12.2. The largest absolute Gasteiger partial charge is 0.497 e. The second-order valence-corrected chi connectivity index (χ2v) is 4.91. The smallest absolute Gasteiger partial charge is 0.265 e. The molecule has 114 valence electrons. The minimum Gasteiger partial charge on any atom is -0.497 e. The average Bonchev–Trinajstić information content (AvgIpc) is 2.51. The van der Waals surface area contributed by atoms with Crippen molar-refractivity contribution in [2.24, 2.45) is 0 Å². The van der Waals surface area contributed by atoms with Gasteiger partial charge >= 0.3 is 0 Å². The molecule has 0 radical (unpaired) electrons. The third-order valence-electron chi connectivity index (χ3n) is 3.17. The van der Waals surface area contributed by atoms with Crippen LogP contribution in [0, 0.1) is 0 Å². The van der Waals surface area contributed by atoms with Gasteiger partial charge in [-0.2, -0.15) is 0 Å². The van der Waals surface area contributed by atoms with Crippen molar-refractivity contribution in [3.8, 4) is 5.75 Å². The number of ether oxygens (including phenoxy) is 1. The molecule has 1 N–H and O–H groups in total. The summed E-state index contributed by atoms with van der Waals surface area (Å²) in [5.41, 5.74) is 1.00. The average molecular weight is 316 g/mol. The monoisotopic (exact) mass is 316 g/mol. The topological polar surface area (TPSA) is 58.6 Å². The summed E-state index contributed by atoms with van der Waals surface area (Å²) in [6.07, 6.45) is 4.96. The molecule has 22 heavy (non-hydrogen) atoms. The van der Waals surface area contributed by atoms with Crippen LogP contribution in [0.5, 0.6) is 5.75 Å². The van der Waals surface area contributed by atoms with Crippen molar-refractivity contribution in [3.05, 3.63) is 47.6 Å². The van der Waals surface area contributed by atoms with Gasteiger partial charge in [0.25, 0.3) is 11.8 Å². The van der Waals surface area contributed by atoms with Gasteiger partial charge < -0.3 is 4.74 Å². The van der Waals surface area contributed by atoms with E-state index in [0.717, 1.165) is 11.3 Å². The van der Waals surface area contributed by atoms with Crippen molar-refractivity contribution >= 4 is 35.2 Å². The number of thiocarbonyl (C=S) groups is 1. The molecular formula is C16H16N2O3S. The molecule has 0 aliphatic carbocycles. The molecule has 2 amide bonds. The van der Waals surface area contributed by atoms with Crippen LogP contribution in [0.2, 0.25) is 0 Å². The molecule has 2 rings (SSSR count). The molecule has 5 nitrogen and oxygen atoms in total. The Kier molecular flexibility index (Phi) is 5.06. The van der Waals surface area contributed by atoms with Gasteiger partial charge in [-0.3, -0.25) is 19.8 Å². The van der Waals surface area contributed by atoms with E-state index in [1.165, 1.54) is 11.0 Å². The Bertz CT molecular complexity index is 662. The molecule has 0 spiro atoms. The van der Waals surface area contributed by atoms with E-state index in [2.05, 4.69) is 5.32 Å². The summed E-state index contributed by atoms with van der Waals surface area (Å²) in [6.45, 7) is 2.21. The first-order valence-corrected chi connectivity index (χ1v) is 7.17. The van der Waals surface area contributed by atoms with Gasteiger partial charge in [-0.25, -0.2) is 0 Å². The van der Waals surface area contributed by atoms with Crippen molar-refractivity contribution in [1.29, 1.82) is 0 Å². The SMILES string of the molecule is CCN1C(=O)/C(=C/C=C/c2ccc(OC)cc2)C(=O)NC1=S. The second-order valence-electron chi connectivity index (χ2n) is 4.52. The molecule has 1 aromatic carbocycles. The number of nitrogens with one attached hydrogen (secondary N) is 1. The normalized spacial score (nSPS) is 17.3. The highest BCUT2D eigenvalue weighted by Gasteiger charge is 2.31. The Morgan fingerprint density at radius 2 is 1.95 bits per heavy atom. The highest BCUT2D eigenvalue weighted by Crippen LogP contribution is 2.13. The summed E-state index contributed by atoms with van der Waals surface area (Å²) in [7, 11) is 1.60. The van der Waals surface area contributed by atoms with Crippen LogP contribution in [0.15, 0.2) is 42.0 Å². The van der Waals surface area contributed by atoms with E-state index >= 15 is 0 Å². The summed E-state index contributed by atoms with van der Waals surface area (Å²) in [6, 6.07) is 7.43. The number of hydrogen-bond donors (Lipinski definition) is 1. The lowest BCUT2D eigenvalue weighted by molar-refractivity contribution is -0.128. The molecule has 1 heterocycles. The molecule has 1 aliphatic heterocycles. The number of allylic oxidation sites excluding steroid dienone is 2. The maximum absolute atomic E-state index is 12.2. The van der Waals surface area contributed by atoms with E-state index in [4.69, 9.17) is 17.0 Å². The molecule has 0 saturated carbocycles. The fourth-order valence-corrected chi connectivity index (χ4v) is 2.28. The number of amides is 2. The molecule has 1 aromatic rings. The first-order valence-electron chi connectivity index (χ1n) is 6.76. The lowest BCUT2D eigenvalue weighted by Crippen LogP contribution is -2.53. The molecule has 0 bridgehead atoms. The molecule has 0 atom stereocenters. The van der Waals surface area contributed by atoms with E-state index in [-0.39, 0.29) is 16.6 Å². The van der Waals surface area contributed by atoms with Crippen molar-refractivity contribution in [1.82, 2.24) is 10.2 Å². The molecule has 1 aliphatic rings. The quantitative estimate of drug-likeness (QED) is 0.524. The van der Waals surface area contributed by atoms with Gasteiger partial charge in [0.05, 0.1) is 7.11 Å². The third-order valence-corrected chi connectivity index (χ3v) is 3.49. The second kappa shape index (κ2) is 7.00. The van der Waals surface area contributed by atoms with E-state index < -0.39 is 5.91 Å². The zero-order valence-corrected chi connectivity index (χ0v) is 13.1. The number of nitrogens with zero attached hydrogens (tertiary/aromatic N) is 1. The van der Waals surface area contributed by atoms with Gasteiger partial charge in [0, 0.05) is 6.54 Å². The lowest BCUT2D eigenvalue weighted by atomic mass is 10.1. The van der Waals surface area contributed by atoms with Crippen LogP contribution in [0.4, 0.5) is 0 Å². The Balaban J connectivity index is 2.16. The molecule has 0 aromatic heterocycles. The Morgan fingerprint density at radius 3 is 2.55 bits per heavy atom. The fourth-order valence-electron chi connectivity index (χ4n) is 1.97. The number of likely N-dealkylation sites (N-methyl/N-ethyl adjacent to an activating group) is 1. The van der Waals surface area contributed by atoms with Crippen molar-refractivity contribution < 1.29 is 14.3 Å². The Labute approximate surface area is 134 Å². The van der Waals surface area contributed by atoms with Gasteiger partial charge in [-0.1, -0.05) is 24.3 Å². The van der Waals surface area contributed by atoms with E-state index in [1.807, 2.05) is 24.3 Å². The van der Waals surface area contributed by atoms with Crippen LogP contribution in [0.1, 0.15) is 12.5 Å². The minimum atomic E-state index is -0.473. The summed E-state index contributed by atoms with van der Waals surface area (Å²) in [4.78, 5) is 25.4. The highest BCUT2D eigenvalue weighted by molar-refractivity contribution is 7.80. The number of carbonyl (C=O) groups is 2. The first-order chi connectivity index (χ1) is 10.6. The lowest BCUT2D eigenvalue weighted by Gasteiger charge is -2.27. The Morgan fingerprint density at radius 1 is 1.27 bits per heavy atom. The summed E-state index contributed by atoms with van der Waals surface area (Å²) < 4.78 is 5.08. The van der Waals surface area contributed by atoms with Crippen LogP contribution < -0.4 is 10.1 Å². The number of benzene rings is 1. The van der Waals surface area contributed by atoms with Crippen LogP contribution >= 0.6 is 12.2 Å². The predicted octanol–water partition coefficient (Wildman–Crippen LogP) is 1.90. The number of carbonyl (C=O) groups excluding carboxylic acids is 2. The zero-order valence-electron chi connectivity index (χ0n) is 12.3. The van der Waals surface area contributed by atoms with Crippen molar-refractivity contribution in [2.45, 2.75) is 6.92 Å². The fraction of sp³-hybridized carbons (Fsp3) is 0.188. The predicted molar refractivity (Wildman–Crippen MR) is 88.2 cm³/mol. The molecule has 6 heteroatoms. The van der Waals surface area contributed by atoms with Crippen LogP contribution in [0.3, 0.4) is 0 Å². The van der Waals surface area contributed by atoms with E-state index in [0.29, 0.717) is 6.54 Å². The standard InChI is InChI=1S/C16H16N2O3S/c1-3-18-15(20)13(14(19)17-16(18)22)6-4-5-11-7-9-12(21-2)10-8-11/h4-10H,3H2,1-2H3,(H,17,19,22)/b5-4+,13-6+. The molecular weight excluding hydrogens is 300 g/mol. The molecule has 0 unspecified atom stereocenters. The first kappa shape index (κ1) is 15.9. The number of rotatable bonds is 4. The van der Waals surface area contributed by atoms with E-state index in [1.54, 1.807) is 26.2 Å². The van der Waals surface area contributed by atoms with Crippen LogP contribution in [0.25, 0.3) is 6.08 Å². The number of methoxy groups -OCH3 is 1. The van der Waals surface area contributed by atoms with Gasteiger partial charge in [0.15, 0.2) is 5.11 Å². The third kappa shape index (κ3) is 3.40. The summed E-state index contributed by atoms with van der Waals surface area (Å²) in [5.74, 6) is -0.0841. The van der Waals surface area contributed by atoms with Crippen molar-refractivity contribution in [3.63, 3.8) is 0 Å². The summed E-state index contributed by atoms with van der Waals surface area (Å²) in [5, 5.41) is 2.65.